The monoisotopic (exact) mass is 504 g/mol. The minimum Gasteiger partial charge on any atom is -0.406 e. The van der Waals surface area contributed by atoms with Crippen molar-refractivity contribution in [2.45, 2.75) is 49.4 Å². The van der Waals surface area contributed by atoms with Crippen molar-refractivity contribution in [1.29, 1.82) is 0 Å². The molecule has 3 aromatic carbocycles. The van der Waals surface area contributed by atoms with Crippen molar-refractivity contribution in [3.05, 3.63) is 102 Å². The van der Waals surface area contributed by atoms with Gasteiger partial charge >= 0.3 is 5.97 Å². The van der Waals surface area contributed by atoms with Crippen molar-refractivity contribution in [3.63, 3.8) is 0 Å². The van der Waals surface area contributed by atoms with Crippen molar-refractivity contribution in [2.24, 2.45) is 4.99 Å². The summed E-state index contributed by atoms with van der Waals surface area (Å²) < 4.78 is 35.5. The second-order valence-corrected chi connectivity index (χ2v) is 10.7. The molecule has 5 rings (SSSR count). The number of nitrogens with zero attached hydrogens (tertiary/aromatic N) is 2. The van der Waals surface area contributed by atoms with Gasteiger partial charge in [0.05, 0.1) is 11.5 Å². The van der Waals surface area contributed by atoms with Gasteiger partial charge < -0.3 is 4.74 Å². The Hall–Kier alpha value is -3.33. The fourth-order valence-electron chi connectivity index (χ4n) is 4.67. The minimum atomic E-state index is -3.80. The molecule has 0 amide bonds. The topological polar surface area (TPSA) is 85.3 Å². The lowest BCUT2D eigenvalue weighted by Crippen LogP contribution is -2.47. The van der Waals surface area contributed by atoms with E-state index in [0.717, 1.165) is 42.5 Å². The lowest BCUT2D eigenvalue weighted by Gasteiger charge is -2.36. The lowest BCUT2D eigenvalue weighted by molar-refractivity contribution is -0.136. The molecule has 0 bridgehead atoms. The van der Waals surface area contributed by atoms with Gasteiger partial charge in [0.25, 0.3) is 10.1 Å². The third kappa shape index (κ3) is 5.56. The molecule has 186 valence electrons. The van der Waals surface area contributed by atoms with E-state index < -0.39 is 16.2 Å². The molecule has 7 nitrogen and oxygen atoms in total. The van der Waals surface area contributed by atoms with Crippen LogP contribution in [-0.2, 0) is 37.0 Å². The van der Waals surface area contributed by atoms with Crippen LogP contribution in [0.3, 0.4) is 0 Å². The van der Waals surface area contributed by atoms with Gasteiger partial charge in [-0.3, -0.25) is 9.08 Å². The van der Waals surface area contributed by atoms with Crippen LogP contribution < -0.4 is 0 Å². The molecule has 0 aromatic heterocycles. The molecule has 2 heterocycles. The number of rotatable bonds is 8. The highest BCUT2D eigenvalue weighted by molar-refractivity contribution is 7.86. The van der Waals surface area contributed by atoms with Crippen LogP contribution in [-0.4, -0.2) is 43.8 Å². The van der Waals surface area contributed by atoms with E-state index >= 15 is 0 Å². The molecule has 0 aliphatic carbocycles. The predicted molar refractivity (Wildman–Crippen MR) is 136 cm³/mol. The highest BCUT2D eigenvalue weighted by Crippen LogP contribution is 2.28. The number of benzene rings is 3. The first-order valence-electron chi connectivity index (χ1n) is 12.1. The van der Waals surface area contributed by atoms with E-state index in [1.54, 1.807) is 18.2 Å². The van der Waals surface area contributed by atoms with Gasteiger partial charge in [0, 0.05) is 18.2 Å². The number of hydrogen-bond donors (Lipinski definition) is 0. The fraction of sp³-hybridized carbons (Fsp3) is 0.286. The van der Waals surface area contributed by atoms with Gasteiger partial charge in [0.15, 0.2) is 6.04 Å². The van der Waals surface area contributed by atoms with Gasteiger partial charge in [-0.1, -0.05) is 67.1 Å². The summed E-state index contributed by atoms with van der Waals surface area (Å²) in [6.07, 6.45) is 3.00. The number of carbonyl (C=O) groups is 1. The quantitative estimate of drug-likeness (QED) is 0.336. The SMILES string of the molecule is O=C1OC(c2ccccc2)=NC1C1CCCCN1Cc1ccc(COS(=O)(=O)c2ccccc2)cc1. The Morgan fingerprint density at radius 2 is 1.56 bits per heavy atom. The van der Waals surface area contributed by atoms with Crippen LogP contribution in [0.2, 0.25) is 0 Å². The van der Waals surface area contributed by atoms with Gasteiger partial charge in [0.2, 0.25) is 5.90 Å². The predicted octanol–water partition coefficient (Wildman–Crippen LogP) is 4.32. The molecule has 1 saturated heterocycles. The molecule has 0 saturated carbocycles. The lowest BCUT2D eigenvalue weighted by atomic mass is 9.95. The zero-order valence-electron chi connectivity index (χ0n) is 19.8. The molecule has 0 spiro atoms. The normalized spacial score (nSPS) is 20.7. The molecular weight excluding hydrogens is 476 g/mol. The van der Waals surface area contributed by atoms with Crippen molar-refractivity contribution in [1.82, 2.24) is 4.90 Å². The average Bonchev–Trinajstić information content (AvgIpc) is 3.31. The largest absolute Gasteiger partial charge is 0.406 e. The van der Waals surface area contributed by atoms with E-state index in [1.807, 2.05) is 54.6 Å². The van der Waals surface area contributed by atoms with Crippen molar-refractivity contribution in [2.75, 3.05) is 6.54 Å². The first-order valence-corrected chi connectivity index (χ1v) is 13.5. The molecule has 2 atom stereocenters. The van der Waals surface area contributed by atoms with Crippen molar-refractivity contribution in [3.8, 4) is 0 Å². The molecule has 0 N–H and O–H groups in total. The van der Waals surface area contributed by atoms with Crippen molar-refractivity contribution < 1.29 is 22.1 Å². The zero-order valence-corrected chi connectivity index (χ0v) is 20.6. The summed E-state index contributed by atoms with van der Waals surface area (Å²) in [5.74, 6) is 0.101. The zero-order chi connectivity index (χ0) is 25.0. The summed E-state index contributed by atoms with van der Waals surface area (Å²) in [6, 6.07) is 24.8. The number of ether oxygens (including phenoxy) is 1. The molecule has 2 aliphatic rings. The first kappa shape index (κ1) is 24.4. The Balaban J connectivity index is 1.24. The van der Waals surface area contributed by atoms with Crippen LogP contribution in [0.5, 0.6) is 0 Å². The Bertz CT molecular complexity index is 1330. The summed E-state index contributed by atoms with van der Waals surface area (Å²) in [5, 5.41) is 0. The minimum absolute atomic E-state index is 0.0218. The second kappa shape index (κ2) is 10.7. The van der Waals surface area contributed by atoms with Gasteiger partial charge in [0.1, 0.15) is 0 Å². The number of carbonyl (C=O) groups excluding carboxylic acids is 1. The van der Waals surface area contributed by atoms with E-state index in [4.69, 9.17) is 8.92 Å². The van der Waals surface area contributed by atoms with Gasteiger partial charge in [-0.15, -0.1) is 0 Å². The Morgan fingerprint density at radius 3 is 2.28 bits per heavy atom. The molecule has 2 aliphatic heterocycles. The van der Waals surface area contributed by atoms with Crippen LogP contribution in [0, 0.1) is 0 Å². The summed E-state index contributed by atoms with van der Waals surface area (Å²) in [4.78, 5) is 19.8. The number of likely N-dealkylation sites (tertiary alicyclic amines) is 1. The molecule has 3 aromatic rings. The van der Waals surface area contributed by atoms with Crippen molar-refractivity contribution >= 4 is 22.0 Å². The van der Waals surface area contributed by atoms with E-state index in [-0.39, 0.29) is 23.5 Å². The van der Waals surface area contributed by atoms with Crippen LogP contribution in [0.15, 0.2) is 94.8 Å². The van der Waals surface area contributed by atoms with Gasteiger partial charge in [-0.2, -0.15) is 8.42 Å². The summed E-state index contributed by atoms with van der Waals surface area (Å²) in [7, 11) is -3.80. The molecule has 8 heteroatoms. The van der Waals surface area contributed by atoms with Gasteiger partial charge in [-0.25, -0.2) is 9.79 Å². The number of esters is 1. The maximum absolute atomic E-state index is 12.7. The van der Waals surface area contributed by atoms with Crippen LogP contribution in [0.25, 0.3) is 0 Å². The standard InChI is InChI=1S/C28H28N2O5S/c31-28-26(29-27(35-28)23-9-3-1-4-10-23)25-13-7-8-18-30(25)19-21-14-16-22(17-15-21)20-34-36(32,33)24-11-5-2-6-12-24/h1-6,9-12,14-17,25-26H,7-8,13,18-20H2. The second-order valence-electron chi connectivity index (χ2n) is 9.05. The Labute approximate surface area is 211 Å². The van der Waals surface area contributed by atoms with E-state index in [0.29, 0.717) is 12.4 Å². The van der Waals surface area contributed by atoms with Crippen LogP contribution in [0.4, 0.5) is 0 Å². The first-order chi connectivity index (χ1) is 17.5. The Morgan fingerprint density at radius 1 is 0.889 bits per heavy atom. The highest BCUT2D eigenvalue weighted by atomic mass is 32.2. The van der Waals surface area contributed by atoms with E-state index in [9.17, 15) is 13.2 Å². The third-order valence-electron chi connectivity index (χ3n) is 6.57. The third-order valence-corrected chi connectivity index (χ3v) is 7.84. The van der Waals surface area contributed by atoms with Crippen LogP contribution >= 0.6 is 0 Å². The fourth-order valence-corrected chi connectivity index (χ4v) is 5.58. The summed E-state index contributed by atoms with van der Waals surface area (Å²) in [6.45, 7) is 1.52. The highest BCUT2D eigenvalue weighted by Gasteiger charge is 2.40. The maximum atomic E-state index is 12.7. The average molecular weight is 505 g/mol. The molecule has 2 unspecified atom stereocenters. The Kier molecular flexibility index (Phi) is 7.27. The summed E-state index contributed by atoms with van der Waals surface area (Å²) >= 11 is 0. The van der Waals surface area contributed by atoms with Crippen LogP contribution in [0.1, 0.15) is 36.0 Å². The number of piperidine rings is 1. The summed E-state index contributed by atoms with van der Waals surface area (Å²) in [5.41, 5.74) is 2.66. The van der Waals surface area contributed by atoms with E-state index in [2.05, 4.69) is 9.89 Å². The number of aliphatic imine (C=N–C) groups is 1. The number of hydrogen-bond acceptors (Lipinski definition) is 7. The smallest absolute Gasteiger partial charge is 0.339 e. The molecule has 0 radical (unpaired) electrons. The molecule has 1 fully saturated rings. The van der Waals surface area contributed by atoms with E-state index in [1.165, 1.54) is 12.1 Å². The van der Waals surface area contributed by atoms with Gasteiger partial charge in [-0.05, 0) is 54.8 Å². The maximum Gasteiger partial charge on any atom is 0.339 e. The molecule has 36 heavy (non-hydrogen) atoms. The number of cyclic esters (lactones) is 1. The molecular formula is C28H28N2O5S.